The van der Waals surface area contributed by atoms with Crippen LogP contribution < -0.4 is 0 Å². The van der Waals surface area contributed by atoms with Gasteiger partial charge in [-0.3, -0.25) is 0 Å². The fourth-order valence-corrected chi connectivity index (χ4v) is 2.25. The second kappa shape index (κ2) is 3.70. The summed E-state index contributed by atoms with van der Waals surface area (Å²) in [7, 11) is 2.02. The van der Waals surface area contributed by atoms with Gasteiger partial charge in [0, 0.05) is 30.5 Å². The molecule has 0 aliphatic carbocycles. The summed E-state index contributed by atoms with van der Waals surface area (Å²) in [5.41, 5.74) is 3.21. The van der Waals surface area contributed by atoms with E-state index in [0.29, 0.717) is 0 Å². The summed E-state index contributed by atoms with van der Waals surface area (Å²) < 4.78 is 4.90. The van der Waals surface area contributed by atoms with Gasteiger partial charge in [0.25, 0.3) is 0 Å². The van der Waals surface area contributed by atoms with Crippen molar-refractivity contribution in [3.63, 3.8) is 0 Å². The van der Waals surface area contributed by atoms with Gasteiger partial charge >= 0.3 is 0 Å². The van der Waals surface area contributed by atoms with Gasteiger partial charge in [0.1, 0.15) is 5.65 Å². The smallest absolute Gasteiger partial charge is 0.141 e. The molecule has 3 heterocycles. The zero-order valence-corrected chi connectivity index (χ0v) is 11.1. The van der Waals surface area contributed by atoms with E-state index in [4.69, 9.17) is 0 Å². The van der Waals surface area contributed by atoms with E-state index in [-0.39, 0.29) is 0 Å². The number of fused-ring (bicyclic) bond motifs is 1. The third-order valence-electron chi connectivity index (χ3n) is 2.94. The van der Waals surface area contributed by atoms with Gasteiger partial charge in [0.05, 0.1) is 16.4 Å². The Bertz CT molecular complexity index is 696. The monoisotopic (exact) mass is 290 g/mol. The number of halogens is 1. The van der Waals surface area contributed by atoms with Crippen LogP contribution >= 0.6 is 15.9 Å². The maximum atomic E-state index is 4.40. The Balaban J connectivity index is 2.33. The van der Waals surface area contributed by atoms with E-state index in [1.165, 1.54) is 5.69 Å². The molecule has 0 spiro atoms. The molecule has 0 saturated heterocycles. The second-order valence-corrected chi connectivity index (χ2v) is 4.93. The number of aromatic nitrogens is 4. The molecule has 0 radical (unpaired) electrons. The van der Waals surface area contributed by atoms with E-state index in [1.807, 2.05) is 30.2 Å². The number of rotatable bonds is 1. The molecule has 0 atom stereocenters. The van der Waals surface area contributed by atoms with Crippen LogP contribution in [0.5, 0.6) is 0 Å². The normalized spacial score (nSPS) is 11.2. The van der Waals surface area contributed by atoms with Crippen LogP contribution in [0, 0.1) is 6.92 Å². The van der Waals surface area contributed by atoms with Crippen LogP contribution in [-0.2, 0) is 7.05 Å². The van der Waals surface area contributed by atoms with Gasteiger partial charge in [0.2, 0.25) is 0 Å². The Hall–Kier alpha value is -1.62. The number of pyridine rings is 1. The van der Waals surface area contributed by atoms with Crippen LogP contribution in [0.25, 0.3) is 16.7 Å². The lowest BCUT2D eigenvalue weighted by Gasteiger charge is -2.03. The molecule has 3 aromatic heterocycles. The van der Waals surface area contributed by atoms with Crippen molar-refractivity contribution in [2.75, 3.05) is 0 Å². The van der Waals surface area contributed by atoms with Crippen molar-refractivity contribution in [3.05, 3.63) is 40.9 Å². The van der Waals surface area contributed by atoms with Crippen LogP contribution in [0.2, 0.25) is 0 Å². The van der Waals surface area contributed by atoms with Crippen LogP contribution in [0.1, 0.15) is 5.69 Å². The number of aryl methyl sites for hydroxylation is 2. The highest BCUT2D eigenvalue weighted by atomic mass is 79.9. The molecular weight excluding hydrogens is 280 g/mol. The molecule has 0 aliphatic rings. The van der Waals surface area contributed by atoms with Crippen LogP contribution in [0.3, 0.4) is 0 Å². The molecule has 0 aliphatic heterocycles. The molecular formula is C12H11BrN4. The standard InChI is InChI=1S/C12H11BrN4/c1-8-5-10-11(17-7-9(13)6-15-17)3-4-14-12(10)16(8)2/h3-7H,1-2H3. The summed E-state index contributed by atoms with van der Waals surface area (Å²) in [4.78, 5) is 4.40. The topological polar surface area (TPSA) is 35.6 Å². The van der Waals surface area contributed by atoms with Crippen molar-refractivity contribution in [2.45, 2.75) is 6.92 Å². The van der Waals surface area contributed by atoms with Crippen LogP contribution in [0.15, 0.2) is 35.2 Å². The first kappa shape index (κ1) is 10.5. The quantitative estimate of drug-likeness (QED) is 0.691. The van der Waals surface area contributed by atoms with Gasteiger partial charge in [-0.25, -0.2) is 9.67 Å². The molecule has 0 fully saturated rings. The molecule has 3 aromatic rings. The number of hydrogen-bond acceptors (Lipinski definition) is 2. The minimum Gasteiger partial charge on any atom is -0.333 e. The largest absolute Gasteiger partial charge is 0.333 e. The second-order valence-electron chi connectivity index (χ2n) is 4.02. The molecule has 86 valence electrons. The van der Waals surface area contributed by atoms with Gasteiger partial charge in [-0.15, -0.1) is 0 Å². The van der Waals surface area contributed by atoms with Crippen LogP contribution in [0.4, 0.5) is 0 Å². The SMILES string of the molecule is Cc1cc2c(-n3cc(Br)cn3)ccnc2n1C. The molecule has 17 heavy (non-hydrogen) atoms. The summed E-state index contributed by atoms with van der Waals surface area (Å²) in [5, 5.41) is 5.42. The molecule has 0 aromatic carbocycles. The van der Waals surface area contributed by atoms with Gasteiger partial charge in [-0.2, -0.15) is 5.10 Å². The zero-order chi connectivity index (χ0) is 12.0. The van der Waals surface area contributed by atoms with Gasteiger partial charge < -0.3 is 4.57 Å². The average Bonchev–Trinajstić information content (AvgIpc) is 2.85. The van der Waals surface area contributed by atoms with Crippen molar-refractivity contribution in [1.82, 2.24) is 19.3 Å². The van der Waals surface area contributed by atoms with Gasteiger partial charge in [0.15, 0.2) is 0 Å². The highest BCUT2D eigenvalue weighted by Crippen LogP contribution is 2.23. The fraction of sp³-hybridized carbons (Fsp3) is 0.167. The minimum absolute atomic E-state index is 0.968. The first-order chi connectivity index (χ1) is 8.16. The Morgan fingerprint density at radius 2 is 2.18 bits per heavy atom. The lowest BCUT2D eigenvalue weighted by Crippen LogP contribution is -1.97. The lowest BCUT2D eigenvalue weighted by molar-refractivity contribution is 0.880. The number of hydrogen-bond donors (Lipinski definition) is 0. The van der Waals surface area contributed by atoms with Crippen molar-refractivity contribution in [1.29, 1.82) is 0 Å². The molecule has 5 heteroatoms. The van der Waals surface area contributed by atoms with Crippen molar-refractivity contribution in [2.24, 2.45) is 7.05 Å². The molecule has 0 bridgehead atoms. The predicted molar refractivity (Wildman–Crippen MR) is 70.3 cm³/mol. The average molecular weight is 291 g/mol. The Labute approximate surface area is 107 Å². The van der Waals surface area contributed by atoms with Gasteiger partial charge in [-0.05, 0) is 35.0 Å². The fourth-order valence-electron chi connectivity index (χ4n) is 1.96. The van der Waals surface area contributed by atoms with Crippen molar-refractivity contribution in [3.8, 4) is 5.69 Å². The number of nitrogens with zero attached hydrogens (tertiary/aromatic N) is 4. The summed E-state index contributed by atoms with van der Waals surface area (Å²) in [6.07, 6.45) is 5.53. The van der Waals surface area contributed by atoms with E-state index in [1.54, 1.807) is 6.20 Å². The third kappa shape index (κ3) is 1.58. The third-order valence-corrected chi connectivity index (χ3v) is 3.35. The van der Waals surface area contributed by atoms with E-state index in [9.17, 15) is 0 Å². The molecule has 4 nitrogen and oxygen atoms in total. The molecule has 0 amide bonds. The van der Waals surface area contributed by atoms with Crippen molar-refractivity contribution < 1.29 is 0 Å². The summed E-state index contributed by atoms with van der Waals surface area (Å²) in [6, 6.07) is 4.11. The van der Waals surface area contributed by atoms with Gasteiger partial charge in [-0.1, -0.05) is 0 Å². The lowest BCUT2D eigenvalue weighted by atomic mass is 10.3. The molecule has 0 N–H and O–H groups in total. The minimum atomic E-state index is 0.968. The van der Waals surface area contributed by atoms with Crippen LogP contribution in [-0.4, -0.2) is 19.3 Å². The Morgan fingerprint density at radius 1 is 1.35 bits per heavy atom. The maximum Gasteiger partial charge on any atom is 0.141 e. The van der Waals surface area contributed by atoms with E-state index < -0.39 is 0 Å². The molecule has 0 saturated carbocycles. The summed E-state index contributed by atoms with van der Waals surface area (Å²) in [5.74, 6) is 0. The Kier molecular flexibility index (Phi) is 2.29. The first-order valence-corrected chi connectivity index (χ1v) is 6.07. The molecule has 0 unspecified atom stereocenters. The highest BCUT2D eigenvalue weighted by Gasteiger charge is 2.09. The Morgan fingerprint density at radius 3 is 2.88 bits per heavy atom. The maximum absolute atomic E-state index is 4.40. The first-order valence-electron chi connectivity index (χ1n) is 5.28. The van der Waals surface area contributed by atoms with E-state index in [0.717, 1.165) is 21.2 Å². The molecule has 3 rings (SSSR count). The highest BCUT2D eigenvalue weighted by molar-refractivity contribution is 9.10. The van der Waals surface area contributed by atoms with E-state index >= 15 is 0 Å². The zero-order valence-electron chi connectivity index (χ0n) is 9.55. The van der Waals surface area contributed by atoms with E-state index in [2.05, 4.69) is 43.6 Å². The predicted octanol–water partition coefficient (Wildman–Crippen LogP) is 2.83. The van der Waals surface area contributed by atoms with Crippen molar-refractivity contribution >= 4 is 27.0 Å². The summed E-state index contributed by atoms with van der Waals surface area (Å²) >= 11 is 3.41. The summed E-state index contributed by atoms with van der Waals surface area (Å²) in [6.45, 7) is 2.07.